The van der Waals surface area contributed by atoms with Crippen molar-refractivity contribution in [3.05, 3.63) is 59.7 Å². The number of nitrogens with one attached hydrogen (secondary N) is 1. The van der Waals surface area contributed by atoms with Crippen molar-refractivity contribution >= 4 is 29.1 Å². The summed E-state index contributed by atoms with van der Waals surface area (Å²) in [5.41, 5.74) is 1.96. The van der Waals surface area contributed by atoms with Crippen LogP contribution in [0.4, 0.5) is 5.69 Å². The van der Waals surface area contributed by atoms with E-state index in [4.69, 9.17) is 0 Å². The summed E-state index contributed by atoms with van der Waals surface area (Å²) in [5, 5.41) is 2.84. The topological polar surface area (TPSA) is 46.2 Å². The summed E-state index contributed by atoms with van der Waals surface area (Å²) in [6, 6.07) is 14.3. The molecule has 102 valence electrons. The van der Waals surface area contributed by atoms with Gasteiger partial charge in [0.2, 0.25) is 0 Å². The summed E-state index contributed by atoms with van der Waals surface area (Å²) < 4.78 is 0. The zero-order chi connectivity index (χ0) is 14.5. The molecule has 2 rings (SSSR count). The monoisotopic (exact) mass is 285 g/mol. The van der Waals surface area contributed by atoms with Crippen molar-refractivity contribution in [2.75, 3.05) is 11.6 Å². The normalized spacial score (nSPS) is 10.1. The van der Waals surface area contributed by atoms with Gasteiger partial charge in [-0.05, 0) is 49.6 Å². The Bertz CT molecular complexity index is 635. The van der Waals surface area contributed by atoms with Gasteiger partial charge in [-0.3, -0.25) is 9.59 Å². The van der Waals surface area contributed by atoms with Crippen molar-refractivity contribution in [2.45, 2.75) is 11.8 Å². The van der Waals surface area contributed by atoms with E-state index in [1.54, 1.807) is 30.3 Å². The highest BCUT2D eigenvalue weighted by Crippen LogP contribution is 2.21. The molecule has 20 heavy (non-hydrogen) atoms. The van der Waals surface area contributed by atoms with Crippen LogP contribution < -0.4 is 5.32 Å². The number of hydrogen-bond acceptors (Lipinski definition) is 3. The maximum Gasteiger partial charge on any atom is 0.256 e. The minimum Gasteiger partial charge on any atom is -0.322 e. The molecule has 0 aromatic heterocycles. The minimum atomic E-state index is -0.148. The van der Waals surface area contributed by atoms with Gasteiger partial charge >= 0.3 is 0 Å². The Morgan fingerprint density at radius 1 is 1.00 bits per heavy atom. The van der Waals surface area contributed by atoms with Crippen LogP contribution in [0.5, 0.6) is 0 Å². The summed E-state index contributed by atoms with van der Waals surface area (Å²) in [5.74, 6) is -0.138. The predicted molar refractivity (Wildman–Crippen MR) is 82.6 cm³/mol. The Morgan fingerprint density at radius 2 is 1.65 bits per heavy atom. The van der Waals surface area contributed by atoms with Crippen LogP contribution in [0.15, 0.2) is 53.4 Å². The van der Waals surface area contributed by atoms with E-state index in [-0.39, 0.29) is 11.7 Å². The van der Waals surface area contributed by atoms with Gasteiger partial charge in [-0.2, -0.15) is 0 Å². The van der Waals surface area contributed by atoms with Gasteiger partial charge in [0.1, 0.15) is 0 Å². The largest absolute Gasteiger partial charge is 0.322 e. The fraction of sp³-hybridized carbons (Fsp3) is 0.125. The molecule has 0 saturated carbocycles. The Kier molecular flexibility index (Phi) is 4.58. The van der Waals surface area contributed by atoms with E-state index in [9.17, 15) is 9.59 Å². The first-order valence-corrected chi connectivity index (χ1v) is 7.39. The van der Waals surface area contributed by atoms with Gasteiger partial charge in [-0.25, -0.2) is 0 Å². The standard InChI is InChI=1S/C16H15NO2S/c1-11(18)12-7-9-13(10-8-12)17-16(19)14-5-3-4-6-15(14)20-2/h3-10H,1-2H3,(H,17,19). The van der Waals surface area contributed by atoms with Crippen molar-refractivity contribution in [2.24, 2.45) is 0 Å². The van der Waals surface area contributed by atoms with Crippen molar-refractivity contribution in [3.63, 3.8) is 0 Å². The average molecular weight is 285 g/mol. The third-order valence-electron chi connectivity index (χ3n) is 2.90. The lowest BCUT2D eigenvalue weighted by molar-refractivity contribution is 0.101. The molecule has 0 spiro atoms. The van der Waals surface area contributed by atoms with E-state index < -0.39 is 0 Å². The summed E-state index contributed by atoms with van der Waals surface area (Å²) >= 11 is 1.54. The first kappa shape index (κ1) is 14.3. The van der Waals surface area contributed by atoms with E-state index in [1.807, 2.05) is 24.5 Å². The molecule has 1 amide bonds. The molecule has 0 radical (unpaired) electrons. The number of carbonyl (C=O) groups excluding carboxylic acids is 2. The molecule has 0 bridgehead atoms. The first-order valence-electron chi connectivity index (χ1n) is 6.17. The van der Waals surface area contributed by atoms with Crippen LogP contribution in [0.2, 0.25) is 0 Å². The number of ketones is 1. The second kappa shape index (κ2) is 6.39. The lowest BCUT2D eigenvalue weighted by Crippen LogP contribution is -2.12. The molecule has 0 fully saturated rings. The molecule has 2 aromatic rings. The second-order valence-corrected chi connectivity index (χ2v) is 5.14. The highest BCUT2D eigenvalue weighted by atomic mass is 32.2. The van der Waals surface area contributed by atoms with E-state index in [0.717, 1.165) is 4.90 Å². The van der Waals surface area contributed by atoms with Crippen LogP contribution in [0, 0.1) is 0 Å². The van der Waals surface area contributed by atoms with Gasteiger partial charge in [0, 0.05) is 16.1 Å². The molecule has 0 heterocycles. The van der Waals surface area contributed by atoms with Crippen LogP contribution in [0.3, 0.4) is 0 Å². The quantitative estimate of drug-likeness (QED) is 0.685. The zero-order valence-corrected chi connectivity index (χ0v) is 12.2. The predicted octanol–water partition coefficient (Wildman–Crippen LogP) is 3.86. The molecular weight excluding hydrogens is 270 g/mol. The lowest BCUT2D eigenvalue weighted by Gasteiger charge is -2.08. The Balaban J connectivity index is 2.17. The molecular formula is C16H15NO2S. The SMILES string of the molecule is CSc1ccccc1C(=O)Nc1ccc(C(C)=O)cc1. The number of benzene rings is 2. The number of anilines is 1. The van der Waals surface area contributed by atoms with E-state index in [1.165, 1.54) is 18.7 Å². The molecule has 3 nitrogen and oxygen atoms in total. The van der Waals surface area contributed by atoms with Gasteiger partial charge in [0.05, 0.1) is 5.56 Å². The Labute approximate surface area is 122 Å². The minimum absolute atomic E-state index is 0.00982. The molecule has 0 aliphatic carbocycles. The van der Waals surface area contributed by atoms with E-state index in [2.05, 4.69) is 5.32 Å². The highest BCUT2D eigenvalue weighted by molar-refractivity contribution is 7.98. The average Bonchev–Trinajstić information content (AvgIpc) is 2.47. The summed E-state index contributed by atoms with van der Waals surface area (Å²) in [6.45, 7) is 1.52. The number of Topliss-reactive ketones (excluding diaryl/α,β-unsaturated/α-hetero) is 1. The maximum absolute atomic E-state index is 12.2. The number of carbonyl (C=O) groups is 2. The van der Waals surface area contributed by atoms with Crippen LogP contribution >= 0.6 is 11.8 Å². The summed E-state index contributed by atoms with van der Waals surface area (Å²) in [6.07, 6.45) is 1.94. The van der Waals surface area contributed by atoms with E-state index >= 15 is 0 Å². The molecule has 0 aliphatic rings. The molecule has 1 N–H and O–H groups in total. The Morgan fingerprint density at radius 3 is 2.25 bits per heavy atom. The van der Waals surface area contributed by atoms with Gasteiger partial charge < -0.3 is 5.32 Å². The number of thioether (sulfide) groups is 1. The molecule has 0 saturated heterocycles. The van der Waals surface area contributed by atoms with Gasteiger partial charge in [0.15, 0.2) is 5.78 Å². The highest BCUT2D eigenvalue weighted by Gasteiger charge is 2.10. The molecule has 4 heteroatoms. The van der Waals surface area contributed by atoms with Crippen LogP contribution in [-0.4, -0.2) is 17.9 Å². The van der Waals surface area contributed by atoms with Crippen molar-refractivity contribution in [1.29, 1.82) is 0 Å². The smallest absolute Gasteiger partial charge is 0.256 e. The number of amides is 1. The number of hydrogen-bond donors (Lipinski definition) is 1. The third-order valence-corrected chi connectivity index (χ3v) is 3.70. The van der Waals surface area contributed by atoms with E-state index in [0.29, 0.717) is 16.8 Å². The second-order valence-electron chi connectivity index (χ2n) is 4.29. The molecule has 0 unspecified atom stereocenters. The van der Waals surface area contributed by atoms with Gasteiger partial charge in [0.25, 0.3) is 5.91 Å². The lowest BCUT2D eigenvalue weighted by atomic mass is 10.1. The van der Waals surface area contributed by atoms with Crippen molar-refractivity contribution in [3.8, 4) is 0 Å². The third kappa shape index (κ3) is 3.27. The number of rotatable bonds is 4. The van der Waals surface area contributed by atoms with Gasteiger partial charge in [-0.15, -0.1) is 11.8 Å². The fourth-order valence-corrected chi connectivity index (χ4v) is 2.41. The van der Waals surface area contributed by atoms with Gasteiger partial charge in [-0.1, -0.05) is 12.1 Å². The summed E-state index contributed by atoms with van der Waals surface area (Å²) in [7, 11) is 0. The zero-order valence-electron chi connectivity index (χ0n) is 11.3. The van der Waals surface area contributed by atoms with Crippen molar-refractivity contribution < 1.29 is 9.59 Å². The molecule has 0 atom stereocenters. The first-order chi connectivity index (χ1) is 9.61. The Hall–Kier alpha value is -2.07. The molecule has 0 aliphatic heterocycles. The van der Waals surface area contributed by atoms with Crippen LogP contribution in [-0.2, 0) is 0 Å². The maximum atomic E-state index is 12.2. The molecule has 2 aromatic carbocycles. The van der Waals surface area contributed by atoms with Crippen LogP contribution in [0.25, 0.3) is 0 Å². The van der Waals surface area contributed by atoms with Crippen molar-refractivity contribution in [1.82, 2.24) is 0 Å². The summed E-state index contributed by atoms with van der Waals surface area (Å²) in [4.78, 5) is 24.4. The van der Waals surface area contributed by atoms with Crippen LogP contribution in [0.1, 0.15) is 27.6 Å². The fourth-order valence-electron chi connectivity index (χ4n) is 1.82.